The molecule has 0 radical (unpaired) electrons. The van der Waals surface area contributed by atoms with E-state index in [4.69, 9.17) is 10.00 Å². The number of nitro benzene ring substituents is 1. The monoisotopic (exact) mass is 414 g/mol. The van der Waals surface area contributed by atoms with E-state index in [9.17, 15) is 18.5 Å². The first kappa shape index (κ1) is 19.8. The molecule has 0 N–H and O–H groups in total. The molecule has 2 heterocycles. The Balaban J connectivity index is 1.98. The number of non-ortho nitro benzene ring substituents is 1. The molecule has 0 amide bonds. The quantitative estimate of drug-likeness (QED) is 0.340. The van der Waals surface area contributed by atoms with Gasteiger partial charge in [-0.2, -0.15) is 28.3 Å². The third-order valence-electron chi connectivity index (χ3n) is 4.02. The average Bonchev–Trinajstić information content (AvgIpc) is 3.13. The maximum absolute atomic E-state index is 12.9. The molecule has 148 valence electrons. The van der Waals surface area contributed by atoms with Gasteiger partial charge in [-0.1, -0.05) is 0 Å². The highest BCUT2D eigenvalue weighted by Crippen LogP contribution is 2.30. The number of benzene rings is 1. The van der Waals surface area contributed by atoms with Crippen LogP contribution in [0.5, 0.6) is 5.75 Å². The molecule has 0 bridgehead atoms. The molecule has 0 aliphatic rings. The molecule has 0 spiro atoms. The van der Waals surface area contributed by atoms with Gasteiger partial charge in [0.05, 0.1) is 41.6 Å². The highest BCUT2D eigenvalue weighted by Gasteiger charge is 2.26. The summed E-state index contributed by atoms with van der Waals surface area (Å²) in [7, 11) is -1.78. The van der Waals surface area contributed by atoms with E-state index >= 15 is 0 Å². The molecule has 2 aromatic heterocycles. The maximum Gasteiger partial charge on any atom is 0.282 e. The Hall–Kier alpha value is -3.98. The fourth-order valence-corrected chi connectivity index (χ4v) is 3.63. The number of methoxy groups -OCH3 is 1. The largest absolute Gasteiger partial charge is 0.495 e. The average molecular weight is 414 g/mol. The molecule has 0 aliphatic heterocycles. The molecule has 12 heteroatoms. The third kappa shape index (κ3) is 3.71. The molecule has 3 rings (SSSR count). The van der Waals surface area contributed by atoms with Crippen LogP contribution in [0.4, 0.5) is 5.69 Å². The lowest BCUT2D eigenvalue weighted by atomic mass is 10.2. The van der Waals surface area contributed by atoms with Gasteiger partial charge in [0.1, 0.15) is 10.6 Å². The number of nitriles is 1. The molecule has 0 saturated carbocycles. The molecule has 1 aromatic carbocycles. The number of rotatable bonds is 6. The van der Waals surface area contributed by atoms with Crippen molar-refractivity contribution in [2.75, 3.05) is 14.2 Å². The topological polar surface area (TPSA) is 143 Å². The van der Waals surface area contributed by atoms with E-state index < -0.39 is 20.6 Å². The Bertz CT molecular complexity index is 1280. The minimum atomic E-state index is -4.23. The molecule has 0 fully saturated rings. The fourth-order valence-electron chi connectivity index (χ4n) is 2.50. The van der Waals surface area contributed by atoms with Crippen LogP contribution >= 0.6 is 0 Å². The van der Waals surface area contributed by atoms with Crippen LogP contribution in [0.25, 0.3) is 5.52 Å². The van der Waals surface area contributed by atoms with E-state index in [0.717, 1.165) is 12.1 Å². The summed E-state index contributed by atoms with van der Waals surface area (Å²) >= 11 is 0. The van der Waals surface area contributed by atoms with Crippen LogP contribution in [-0.2, 0) is 10.0 Å². The van der Waals surface area contributed by atoms with E-state index in [1.807, 2.05) is 6.07 Å². The number of sulfonamides is 1. The summed E-state index contributed by atoms with van der Waals surface area (Å²) in [6, 6.07) is 8.45. The van der Waals surface area contributed by atoms with Gasteiger partial charge in [-0.3, -0.25) is 10.1 Å². The fraction of sp³-hybridized carbons (Fsp3) is 0.118. The first-order valence-electron chi connectivity index (χ1n) is 8.00. The number of fused-ring (bicyclic) bond motifs is 1. The molecule has 0 atom stereocenters. The zero-order valence-corrected chi connectivity index (χ0v) is 16.1. The summed E-state index contributed by atoms with van der Waals surface area (Å²) in [6.45, 7) is 0. The van der Waals surface area contributed by atoms with Gasteiger partial charge < -0.3 is 4.74 Å². The number of nitro groups is 1. The van der Waals surface area contributed by atoms with E-state index in [-0.39, 0.29) is 10.6 Å². The first-order chi connectivity index (χ1) is 13.8. The Morgan fingerprint density at radius 1 is 1.38 bits per heavy atom. The van der Waals surface area contributed by atoms with Crippen molar-refractivity contribution in [3.63, 3.8) is 0 Å². The number of ether oxygens (including phenoxy) is 1. The van der Waals surface area contributed by atoms with Gasteiger partial charge >= 0.3 is 0 Å². The Kier molecular flexibility index (Phi) is 5.16. The van der Waals surface area contributed by atoms with Gasteiger partial charge in [-0.25, -0.2) is 4.52 Å². The van der Waals surface area contributed by atoms with Gasteiger partial charge in [-0.05, 0) is 18.2 Å². The van der Waals surface area contributed by atoms with E-state index in [2.05, 4.69) is 10.2 Å². The highest BCUT2D eigenvalue weighted by molar-refractivity contribution is 7.89. The summed E-state index contributed by atoms with van der Waals surface area (Å²) in [4.78, 5) is 9.91. The zero-order chi connectivity index (χ0) is 21.2. The van der Waals surface area contributed by atoms with Crippen molar-refractivity contribution in [2.45, 2.75) is 4.90 Å². The molecular weight excluding hydrogens is 400 g/mol. The minimum Gasteiger partial charge on any atom is -0.495 e. The van der Waals surface area contributed by atoms with E-state index in [0.29, 0.717) is 21.1 Å². The van der Waals surface area contributed by atoms with Gasteiger partial charge in [0.2, 0.25) is 0 Å². The molecule has 0 saturated heterocycles. The van der Waals surface area contributed by atoms with E-state index in [1.165, 1.54) is 37.2 Å². The smallest absolute Gasteiger partial charge is 0.282 e. The number of hydrogen-bond donors (Lipinski definition) is 0. The second kappa shape index (κ2) is 7.56. The number of nitrogens with zero attached hydrogens (tertiary/aromatic N) is 6. The van der Waals surface area contributed by atoms with Crippen LogP contribution in [0.3, 0.4) is 0 Å². The minimum absolute atomic E-state index is 0.0488. The summed E-state index contributed by atoms with van der Waals surface area (Å²) in [5.74, 6) is -0.0488. The van der Waals surface area contributed by atoms with Crippen LogP contribution in [-0.4, -0.2) is 47.7 Å². The number of aromatic nitrogens is 2. The van der Waals surface area contributed by atoms with Crippen LogP contribution in [0.15, 0.2) is 52.7 Å². The van der Waals surface area contributed by atoms with Crippen molar-refractivity contribution in [1.29, 1.82) is 5.26 Å². The van der Waals surface area contributed by atoms with Gasteiger partial charge in [-0.15, -0.1) is 0 Å². The van der Waals surface area contributed by atoms with Crippen molar-refractivity contribution in [1.82, 2.24) is 14.0 Å². The summed E-state index contributed by atoms with van der Waals surface area (Å²) in [6.07, 6.45) is 4.33. The lowest BCUT2D eigenvalue weighted by molar-refractivity contribution is -0.385. The lowest BCUT2D eigenvalue weighted by Crippen LogP contribution is -2.22. The second-order valence-electron chi connectivity index (χ2n) is 5.73. The summed E-state index contributed by atoms with van der Waals surface area (Å²) in [5.41, 5.74) is 1.06. The van der Waals surface area contributed by atoms with Crippen molar-refractivity contribution in [3.05, 3.63) is 64.0 Å². The molecule has 29 heavy (non-hydrogen) atoms. The number of pyridine rings is 1. The summed E-state index contributed by atoms with van der Waals surface area (Å²) in [5, 5.41) is 28.1. The van der Waals surface area contributed by atoms with Crippen molar-refractivity contribution < 1.29 is 18.1 Å². The lowest BCUT2D eigenvalue weighted by Gasteiger charge is -2.15. The normalized spacial score (nSPS) is 11.5. The van der Waals surface area contributed by atoms with Gasteiger partial charge in [0.15, 0.2) is 0 Å². The Morgan fingerprint density at radius 3 is 2.79 bits per heavy atom. The van der Waals surface area contributed by atoms with Crippen molar-refractivity contribution in [3.8, 4) is 11.8 Å². The van der Waals surface area contributed by atoms with Crippen LogP contribution in [0, 0.1) is 21.4 Å². The van der Waals surface area contributed by atoms with Crippen LogP contribution in [0.2, 0.25) is 0 Å². The second-order valence-corrected chi connectivity index (χ2v) is 7.65. The molecule has 11 nitrogen and oxygen atoms in total. The predicted octanol–water partition coefficient (Wildman–Crippen LogP) is 1.78. The van der Waals surface area contributed by atoms with Crippen LogP contribution in [0.1, 0.15) is 11.1 Å². The van der Waals surface area contributed by atoms with Crippen molar-refractivity contribution in [2.24, 2.45) is 5.10 Å². The van der Waals surface area contributed by atoms with Gasteiger partial charge in [0, 0.05) is 30.9 Å². The van der Waals surface area contributed by atoms with Gasteiger partial charge in [0.25, 0.3) is 15.7 Å². The third-order valence-corrected chi connectivity index (χ3v) is 5.69. The Morgan fingerprint density at radius 2 is 2.14 bits per heavy atom. The SMILES string of the molecule is COc1ccc([N+](=O)[O-])cc1S(=O)(=O)N(C)/N=C/c1cnn2ccc(C#N)cc12. The van der Waals surface area contributed by atoms with Crippen molar-refractivity contribution >= 4 is 27.4 Å². The predicted molar refractivity (Wildman–Crippen MR) is 102 cm³/mol. The first-order valence-corrected chi connectivity index (χ1v) is 9.44. The Labute approximate surface area is 165 Å². The highest BCUT2D eigenvalue weighted by atomic mass is 32.2. The zero-order valence-electron chi connectivity index (χ0n) is 15.3. The molecular formula is C17H14N6O5S. The molecule has 3 aromatic rings. The standard InChI is InChI=1S/C17H14N6O5S/c1-21(19-10-13-11-20-22-6-5-12(9-18)7-15(13)22)29(26,27)17-8-14(23(24)25)3-4-16(17)28-2/h3-8,10-11H,1-2H3/b19-10+. The molecule has 0 aliphatic carbocycles. The van der Waals surface area contributed by atoms with Crippen LogP contribution < -0.4 is 4.74 Å². The number of hydrazone groups is 1. The summed E-state index contributed by atoms with van der Waals surface area (Å²) < 4.78 is 32.9. The van der Waals surface area contributed by atoms with E-state index in [1.54, 1.807) is 18.3 Å². The number of hydrogen-bond acceptors (Lipinski definition) is 8. The maximum atomic E-state index is 12.9. The molecule has 0 unspecified atom stereocenters.